The van der Waals surface area contributed by atoms with Crippen LogP contribution in [0.5, 0.6) is 0 Å². The maximum absolute atomic E-state index is 13.2. The van der Waals surface area contributed by atoms with Crippen molar-refractivity contribution in [1.29, 1.82) is 0 Å². The van der Waals surface area contributed by atoms with E-state index < -0.39 is 5.97 Å². The zero-order valence-corrected chi connectivity index (χ0v) is 12.9. The van der Waals surface area contributed by atoms with Gasteiger partial charge in [0.2, 0.25) is 0 Å². The number of aliphatic carboxylic acids is 1. The molecule has 1 aliphatic heterocycles. The van der Waals surface area contributed by atoms with Gasteiger partial charge in [-0.05, 0) is 59.4 Å². The summed E-state index contributed by atoms with van der Waals surface area (Å²) in [6.45, 7) is 1.74. The van der Waals surface area contributed by atoms with E-state index in [1.165, 1.54) is 6.07 Å². The molecule has 1 saturated heterocycles. The number of carboxylic acid groups (broad SMARTS) is 1. The Hall–Kier alpha value is -0.940. The molecular formula is C15H19BrFNO2. The Morgan fingerprint density at radius 1 is 1.45 bits per heavy atom. The maximum atomic E-state index is 13.2. The molecule has 1 aromatic rings. The first-order valence-electron chi connectivity index (χ1n) is 6.96. The van der Waals surface area contributed by atoms with Crippen molar-refractivity contribution in [2.24, 2.45) is 0 Å². The van der Waals surface area contributed by atoms with Crippen molar-refractivity contribution in [3.05, 3.63) is 34.1 Å². The number of piperidine rings is 1. The van der Waals surface area contributed by atoms with Crippen molar-refractivity contribution in [1.82, 2.24) is 4.90 Å². The van der Waals surface area contributed by atoms with Crippen molar-refractivity contribution < 1.29 is 14.3 Å². The first kappa shape index (κ1) is 15.4. The van der Waals surface area contributed by atoms with Gasteiger partial charge in [-0.1, -0.05) is 12.5 Å². The zero-order chi connectivity index (χ0) is 14.5. The summed E-state index contributed by atoms with van der Waals surface area (Å²) in [7, 11) is 0. The summed E-state index contributed by atoms with van der Waals surface area (Å²) in [5, 5.41) is 8.82. The minimum absolute atomic E-state index is 0.217. The van der Waals surface area contributed by atoms with Crippen molar-refractivity contribution in [3.8, 4) is 0 Å². The van der Waals surface area contributed by atoms with E-state index in [9.17, 15) is 9.18 Å². The molecule has 1 fully saturated rings. The summed E-state index contributed by atoms with van der Waals surface area (Å²) >= 11 is 3.20. The van der Waals surface area contributed by atoms with Crippen molar-refractivity contribution in [3.63, 3.8) is 0 Å². The highest BCUT2D eigenvalue weighted by Crippen LogP contribution is 2.24. The summed E-state index contributed by atoms with van der Waals surface area (Å²) in [4.78, 5) is 13.0. The van der Waals surface area contributed by atoms with Crippen LogP contribution in [-0.2, 0) is 11.3 Å². The quantitative estimate of drug-likeness (QED) is 0.883. The van der Waals surface area contributed by atoms with Crippen molar-refractivity contribution in [2.75, 3.05) is 6.54 Å². The number of rotatable bonds is 5. The standard InChI is InChI=1S/C15H19BrFNO2/c16-13-9-11(4-6-14(13)17)10-18-8-2-1-3-12(18)5-7-15(19)20/h4,6,9,12H,1-3,5,7-8,10H2,(H,19,20). The Kier molecular flexibility index (Phi) is 5.54. The minimum Gasteiger partial charge on any atom is -0.481 e. The van der Waals surface area contributed by atoms with Gasteiger partial charge in [0, 0.05) is 19.0 Å². The number of nitrogens with zero attached hydrogens (tertiary/aromatic N) is 1. The Bertz CT molecular complexity index is 481. The van der Waals surface area contributed by atoms with Gasteiger partial charge in [-0.25, -0.2) is 4.39 Å². The SMILES string of the molecule is O=C(O)CCC1CCCCN1Cc1ccc(F)c(Br)c1. The van der Waals surface area contributed by atoms with Crippen LogP contribution in [0.3, 0.4) is 0 Å². The van der Waals surface area contributed by atoms with Gasteiger partial charge < -0.3 is 5.11 Å². The highest BCUT2D eigenvalue weighted by molar-refractivity contribution is 9.10. The summed E-state index contributed by atoms with van der Waals surface area (Å²) in [5.41, 5.74) is 1.06. The molecule has 1 atom stereocenters. The van der Waals surface area contributed by atoms with Gasteiger partial charge in [0.25, 0.3) is 0 Å². The first-order valence-corrected chi connectivity index (χ1v) is 7.75. The van der Waals surface area contributed by atoms with E-state index in [0.717, 1.165) is 37.9 Å². The fourth-order valence-electron chi connectivity index (χ4n) is 2.76. The van der Waals surface area contributed by atoms with E-state index in [4.69, 9.17) is 5.11 Å². The molecule has 0 amide bonds. The van der Waals surface area contributed by atoms with Crippen LogP contribution >= 0.6 is 15.9 Å². The summed E-state index contributed by atoms with van der Waals surface area (Å²) in [6.07, 6.45) is 4.27. The van der Waals surface area contributed by atoms with Crippen molar-refractivity contribution >= 4 is 21.9 Å². The largest absolute Gasteiger partial charge is 0.481 e. The van der Waals surface area contributed by atoms with Crippen molar-refractivity contribution in [2.45, 2.75) is 44.7 Å². The van der Waals surface area contributed by atoms with Crippen LogP contribution in [0.2, 0.25) is 0 Å². The number of likely N-dealkylation sites (tertiary alicyclic amines) is 1. The van der Waals surface area contributed by atoms with Crippen LogP contribution in [0, 0.1) is 5.82 Å². The smallest absolute Gasteiger partial charge is 0.303 e. The van der Waals surface area contributed by atoms with E-state index in [2.05, 4.69) is 20.8 Å². The second-order valence-corrected chi connectivity index (χ2v) is 6.16. The average Bonchev–Trinajstić information content (AvgIpc) is 2.42. The van der Waals surface area contributed by atoms with E-state index in [1.54, 1.807) is 12.1 Å². The lowest BCUT2D eigenvalue weighted by molar-refractivity contribution is -0.137. The molecule has 1 heterocycles. The lowest BCUT2D eigenvalue weighted by atomic mass is 9.97. The number of carboxylic acids is 1. The number of hydrogen-bond donors (Lipinski definition) is 1. The molecule has 2 rings (SSSR count). The second-order valence-electron chi connectivity index (χ2n) is 5.30. The Morgan fingerprint density at radius 3 is 2.95 bits per heavy atom. The molecule has 0 spiro atoms. The number of benzene rings is 1. The molecule has 5 heteroatoms. The van der Waals surface area contributed by atoms with Crippen LogP contribution in [0.15, 0.2) is 22.7 Å². The van der Waals surface area contributed by atoms with Gasteiger partial charge in [-0.2, -0.15) is 0 Å². The second kappa shape index (κ2) is 7.18. The molecule has 3 nitrogen and oxygen atoms in total. The monoisotopic (exact) mass is 343 g/mol. The third-order valence-electron chi connectivity index (χ3n) is 3.81. The van der Waals surface area contributed by atoms with E-state index >= 15 is 0 Å². The van der Waals surface area contributed by atoms with Gasteiger partial charge in [0.1, 0.15) is 5.82 Å². The third kappa shape index (κ3) is 4.28. The first-order chi connectivity index (χ1) is 9.56. The predicted molar refractivity (Wildman–Crippen MR) is 79.0 cm³/mol. The molecule has 110 valence electrons. The Labute approximate surface area is 126 Å². The molecule has 0 aliphatic carbocycles. The molecule has 0 bridgehead atoms. The van der Waals surface area contributed by atoms with Gasteiger partial charge in [0.05, 0.1) is 4.47 Å². The number of halogens is 2. The molecule has 0 radical (unpaired) electrons. The van der Waals surface area contributed by atoms with Crippen LogP contribution < -0.4 is 0 Å². The topological polar surface area (TPSA) is 40.5 Å². The van der Waals surface area contributed by atoms with E-state index in [0.29, 0.717) is 16.9 Å². The third-order valence-corrected chi connectivity index (χ3v) is 4.42. The average molecular weight is 344 g/mol. The highest BCUT2D eigenvalue weighted by Gasteiger charge is 2.23. The molecule has 1 N–H and O–H groups in total. The Balaban J connectivity index is 2.00. The van der Waals surface area contributed by atoms with Gasteiger partial charge >= 0.3 is 5.97 Å². The van der Waals surface area contributed by atoms with E-state index in [-0.39, 0.29) is 12.2 Å². The Morgan fingerprint density at radius 2 is 2.25 bits per heavy atom. The molecular weight excluding hydrogens is 325 g/mol. The van der Waals surface area contributed by atoms with Crippen LogP contribution in [0.4, 0.5) is 4.39 Å². The fraction of sp³-hybridized carbons (Fsp3) is 0.533. The molecule has 1 aliphatic rings. The lowest BCUT2D eigenvalue weighted by Gasteiger charge is -2.35. The van der Waals surface area contributed by atoms with Gasteiger partial charge in [0.15, 0.2) is 0 Å². The van der Waals surface area contributed by atoms with Crippen LogP contribution in [0.1, 0.15) is 37.7 Å². The molecule has 20 heavy (non-hydrogen) atoms. The molecule has 0 saturated carbocycles. The zero-order valence-electron chi connectivity index (χ0n) is 11.3. The maximum Gasteiger partial charge on any atom is 0.303 e. The molecule has 0 aromatic heterocycles. The summed E-state index contributed by atoms with van der Waals surface area (Å²) in [6, 6.07) is 5.39. The van der Waals surface area contributed by atoms with Crippen LogP contribution in [-0.4, -0.2) is 28.6 Å². The predicted octanol–water partition coefficient (Wildman–Crippen LogP) is 3.81. The molecule has 1 aromatic carbocycles. The van der Waals surface area contributed by atoms with Gasteiger partial charge in [-0.3, -0.25) is 9.69 Å². The van der Waals surface area contributed by atoms with E-state index in [1.807, 2.05) is 0 Å². The summed E-state index contributed by atoms with van der Waals surface area (Å²) < 4.78 is 13.7. The fourth-order valence-corrected chi connectivity index (χ4v) is 3.18. The summed E-state index contributed by atoms with van der Waals surface area (Å²) in [5.74, 6) is -0.991. The number of carbonyl (C=O) groups is 1. The number of hydrogen-bond acceptors (Lipinski definition) is 2. The van der Waals surface area contributed by atoms with Crippen LogP contribution in [0.25, 0.3) is 0 Å². The molecule has 1 unspecified atom stereocenters. The normalized spacial score (nSPS) is 20.0. The highest BCUT2D eigenvalue weighted by atomic mass is 79.9. The lowest BCUT2D eigenvalue weighted by Crippen LogP contribution is -2.39. The minimum atomic E-state index is -0.736. The van der Waals surface area contributed by atoms with Gasteiger partial charge in [-0.15, -0.1) is 0 Å².